The third-order valence-electron chi connectivity index (χ3n) is 9.02. The Labute approximate surface area is 289 Å². The fraction of sp³-hybridized carbons (Fsp3) is 0. The largest absolute Gasteiger partial charge is 0.255 e. The molecule has 0 bridgehead atoms. The first-order chi connectivity index (χ1) is 24.8. The molecule has 0 amide bonds. The van der Waals surface area contributed by atoms with E-state index in [1.807, 2.05) is 73.1 Å². The summed E-state index contributed by atoms with van der Waals surface area (Å²) in [5.41, 5.74) is 11.3. The van der Waals surface area contributed by atoms with Gasteiger partial charge in [0.15, 0.2) is 5.82 Å². The minimum absolute atomic E-state index is 0.657. The summed E-state index contributed by atoms with van der Waals surface area (Å²) in [5, 5.41) is 3.38. The van der Waals surface area contributed by atoms with E-state index in [9.17, 15) is 0 Å². The van der Waals surface area contributed by atoms with Crippen LogP contribution in [-0.2, 0) is 0 Å². The fourth-order valence-corrected chi connectivity index (χ4v) is 6.46. The van der Waals surface area contributed by atoms with Crippen LogP contribution < -0.4 is 0 Å². The van der Waals surface area contributed by atoms with Gasteiger partial charge in [-0.2, -0.15) is 0 Å². The molecule has 4 aromatic heterocycles. The highest BCUT2D eigenvalue weighted by molar-refractivity contribution is 6.10. The molecular weight excluding hydrogens is 611 g/mol. The van der Waals surface area contributed by atoms with Crippen LogP contribution in [0.15, 0.2) is 176 Å². The van der Waals surface area contributed by atoms with Gasteiger partial charge in [0.1, 0.15) is 0 Å². The van der Waals surface area contributed by atoms with E-state index in [2.05, 4.69) is 103 Å². The quantitative estimate of drug-likeness (QED) is 0.169. The standard InChI is InChI=1S/C45H29N5/c1-3-11-30(12-4-1)31-19-21-32(22-20-31)41-28-42(50-45(49-41)33-13-5-2-6-14-33)40-24-23-35(29-47-40)34-25-26-46-43(27-34)44-38-17-8-7-15-36(38)37-16-9-10-18-39(37)48-44/h1-29H. The first kappa shape index (κ1) is 29.3. The number of para-hydroxylation sites is 1. The van der Waals surface area contributed by atoms with E-state index >= 15 is 0 Å². The maximum Gasteiger partial charge on any atom is 0.160 e. The Morgan fingerprint density at radius 3 is 1.70 bits per heavy atom. The summed E-state index contributed by atoms with van der Waals surface area (Å²) in [6.07, 6.45) is 3.75. The molecule has 0 saturated heterocycles. The van der Waals surface area contributed by atoms with Crippen LogP contribution in [0.4, 0.5) is 0 Å². The predicted molar refractivity (Wildman–Crippen MR) is 203 cm³/mol. The first-order valence-electron chi connectivity index (χ1n) is 16.6. The zero-order valence-electron chi connectivity index (χ0n) is 27.0. The molecule has 9 rings (SSSR count). The summed E-state index contributed by atoms with van der Waals surface area (Å²) in [4.78, 5) is 24.7. The zero-order valence-corrected chi connectivity index (χ0v) is 27.0. The van der Waals surface area contributed by atoms with Crippen molar-refractivity contribution in [2.24, 2.45) is 0 Å². The van der Waals surface area contributed by atoms with Crippen molar-refractivity contribution in [1.29, 1.82) is 0 Å². The Balaban J connectivity index is 1.08. The second kappa shape index (κ2) is 12.6. The van der Waals surface area contributed by atoms with E-state index < -0.39 is 0 Å². The van der Waals surface area contributed by atoms with Gasteiger partial charge in [-0.3, -0.25) is 9.97 Å². The lowest BCUT2D eigenvalue weighted by Crippen LogP contribution is -1.97. The molecule has 0 radical (unpaired) electrons. The smallest absolute Gasteiger partial charge is 0.160 e. The minimum atomic E-state index is 0.657. The summed E-state index contributed by atoms with van der Waals surface area (Å²) < 4.78 is 0. The van der Waals surface area contributed by atoms with Crippen molar-refractivity contribution in [2.75, 3.05) is 0 Å². The molecular formula is C45H29N5. The van der Waals surface area contributed by atoms with Gasteiger partial charge < -0.3 is 0 Å². The molecule has 5 heteroatoms. The summed E-state index contributed by atoms with van der Waals surface area (Å²) >= 11 is 0. The van der Waals surface area contributed by atoms with Crippen LogP contribution in [0.2, 0.25) is 0 Å². The van der Waals surface area contributed by atoms with Crippen LogP contribution in [0, 0.1) is 0 Å². The molecule has 0 atom stereocenters. The number of nitrogens with zero attached hydrogens (tertiary/aromatic N) is 5. The van der Waals surface area contributed by atoms with Crippen molar-refractivity contribution in [1.82, 2.24) is 24.9 Å². The summed E-state index contributed by atoms with van der Waals surface area (Å²) in [7, 11) is 0. The van der Waals surface area contributed by atoms with Crippen LogP contribution in [-0.4, -0.2) is 24.9 Å². The topological polar surface area (TPSA) is 64.5 Å². The molecule has 0 aliphatic heterocycles. The van der Waals surface area contributed by atoms with E-state index in [1.54, 1.807) is 0 Å². The van der Waals surface area contributed by atoms with E-state index in [0.717, 1.165) is 78.0 Å². The van der Waals surface area contributed by atoms with Crippen LogP contribution in [0.25, 0.3) is 89.4 Å². The number of rotatable bonds is 6. The van der Waals surface area contributed by atoms with E-state index in [1.165, 1.54) is 5.56 Å². The fourth-order valence-electron chi connectivity index (χ4n) is 6.46. The second-order valence-corrected chi connectivity index (χ2v) is 12.2. The highest BCUT2D eigenvalue weighted by Crippen LogP contribution is 2.34. The highest BCUT2D eigenvalue weighted by Gasteiger charge is 2.14. The average Bonchev–Trinajstić information content (AvgIpc) is 3.21. The normalized spacial score (nSPS) is 11.2. The highest BCUT2D eigenvalue weighted by atomic mass is 14.9. The molecule has 0 N–H and O–H groups in total. The molecule has 0 fully saturated rings. The molecule has 4 heterocycles. The molecule has 0 aliphatic carbocycles. The van der Waals surface area contributed by atoms with Gasteiger partial charge >= 0.3 is 0 Å². The number of aromatic nitrogens is 5. The van der Waals surface area contributed by atoms with E-state index in [-0.39, 0.29) is 0 Å². The van der Waals surface area contributed by atoms with Crippen molar-refractivity contribution < 1.29 is 0 Å². The predicted octanol–water partition coefficient (Wildman–Crippen LogP) is 11.0. The van der Waals surface area contributed by atoms with Crippen molar-refractivity contribution >= 4 is 21.7 Å². The molecule has 5 nitrogen and oxygen atoms in total. The van der Waals surface area contributed by atoms with E-state index in [4.69, 9.17) is 24.9 Å². The van der Waals surface area contributed by atoms with Crippen LogP contribution in [0.3, 0.4) is 0 Å². The molecule has 0 saturated carbocycles. The van der Waals surface area contributed by atoms with Gasteiger partial charge in [0.25, 0.3) is 0 Å². The Morgan fingerprint density at radius 2 is 0.940 bits per heavy atom. The minimum Gasteiger partial charge on any atom is -0.255 e. The number of hydrogen-bond acceptors (Lipinski definition) is 5. The van der Waals surface area contributed by atoms with Crippen molar-refractivity contribution in [3.05, 3.63) is 176 Å². The summed E-state index contributed by atoms with van der Waals surface area (Å²) in [6.45, 7) is 0. The molecule has 0 aliphatic rings. The Hall–Kier alpha value is -6.85. The van der Waals surface area contributed by atoms with Crippen molar-refractivity contribution in [2.45, 2.75) is 0 Å². The molecule has 0 spiro atoms. The maximum atomic E-state index is 5.06. The second-order valence-electron chi connectivity index (χ2n) is 12.2. The molecule has 0 unspecified atom stereocenters. The lowest BCUT2D eigenvalue weighted by atomic mass is 10.0. The van der Waals surface area contributed by atoms with Crippen molar-refractivity contribution in [3.63, 3.8) is 0 Å². The monoisotopic (exact) mass is 639 g/mol. The molecule has 9 aromatic rings. The van der Waals surface area contributed by atoms with Crippen molar-refractivity contribution in [3.8, 4) is 67.7 Å². The Kier molecular flexibility index (Phi) is 7.41. The van der Waals surface area contributed by atoms with Crippen LogP contribution >= 0.6 is 0 Å². The maximum absolute atomic E-state index is 5.06. The third kappa shape index (κ3) is 5.57. The number of hydrogen-bond donors (Lipinski definition) is 0. The van der Waals surface area contributed by atoms with Gasteiger partial charge in [0.05, 0.1) is 34.0 Å². The molecule has 234 valence electrons. The summed E-state index contributed by atoms with van der Waals surface area (Å²) in [6, 6.07) is 55.9. The SMILES string of the molecule is c1ccc(-c2ccc(-c3cc(-c4ccc(-c5ccnc(-c6nc7ccccc7c7ccccc67)c5)cn4)nc(-c4ccccc4)n3)cc2)cc1. The number of fused-ring (bicyclic) bond motifs is 3. The third-order valence-corrected chi connectivity index (χ3v) is 9.02. The Bertz CT molecular complexity index is 2620. The van der Waals surface area contributed by atoms with Gasteiger partial charge in [-0.15, -0.1) is 0 Å². The first-order valence-corrected chi connectivity index (χ1v) is 16.6. The number of pyridine rings is 3. The van der Waals surface area contributed by atoms with Gasteiger partial charge in [-0.1, -0.05) is 133 Å². The lowest BCUT2D eigenvalue weighted by Gasteiger charge is -2.11. The van der Waals surface area contributed by atoms with Crippen LogP contribution in [0.5, 0.6) is 0 Å². The molecule has 5 aromatic carbocycles. The lowest BCUT2D eigenvalue weighted by molar-refractivity contribution is 1.16. The van der Waals surface area contributed by atoms with Crippen LogP contribution in [0.1, 0.15) is 0 Å². The van der Waals surface area contributed by atoms with Gasteiger partial charge in [0, 0.05) is 39.9 Å². The van der Waals surface area contributed by atoms with Gasteiger partial charge in [0.2, 0.25) is 0 Å². The molecule has 50 heavy (non-hydrogen) atoms. The van der Waals surface area contributed by atoms with E-state index in [0.29, 0.717) is 5.82 Å². The Morgan fingerprint density at radius 1 is 0.320 bits per heavy atom. The zero-order chi connectivity index (χ0) is 33.3. The average molecular weight is 640 g/mol. The van der Waals surface area contributed by atoms with Gasteiger partial charge in [-0.25, -0.2) is 15.0 Å². The summed E-state index contributed by atoms with van der Waals surface area (Å²) in [5.74, 6) is 0.657. The number of benzene rings is 5. The van der Waals surface area contributed by atoms with Gasteiger partial charge in [-0.05, 0) is 52.4 Å².